The summed E-state index contributed by atoms with van der Waals surface area (Å²) in [7, 11) is 0. The maximum atomic E-state index is 14.3. The van der Waals surface area contributed by atoms with Crippen LogP contribution in [0.4, 0.5) is 15.8 Å². The molecule has 0 aromatic heterocycles. The molecule has 0 unspecified atom stereocenters. The summed E-state index contributed by atoms with van der Waals surface area (Å²) in [6.45, 7) is 13.4. The summed E-state index contributed by atoms with van der Waals surface area (Å²) in [6, 6.07) is 15.6. The Morgan fingerprint density at radius 2 is 1.74 bits per heavy atom. The van der Waals surface area contributed by atoms with E-state index in [2.05, 4.69) is 33.9 Å². The molecule has 6 heteroatoms. The Labute approximate surface area is 210 Å². The lowest BCUT2D eigenvalue weighted by atomic mass is 9.86. The molecule has 2 aliphatic rings. The molecule has 2 aromatic carbocycles. The molecular weight excluding hydrogens is 439 g/mol. The van der Waals surface area contributed by atoms with Crippen LogP contribution < -0.4 is 10.2 Å². The van der Waals surface area contributed by atoms with Gasteiger partial charge in [-0.15, -0.1) is 0 Å². The van der Waals surface area contributed by atoms with Gasteiger partial charge < -0.3 is 15.1 Å². The number of amides is 1. The van der Waals surface area contributed by atoms with Gasteiger partial charge in [-0.05, 0) is 62.4 Å². The Bertz CT molecular complexity index is 955. The number of hydrogen-bond donors (Lipinski definition) is 1. The molecule has 5 nitrogen and oxygen atoms in total. The highest BCUT2D eigenvalue weighted by Crippen LogP contribution is 2.29. The summed E-state index contributed by atoms with van der Waals surface area (Å²) in [4.78, 5) is 20.1. The number of piperazine rings is 1. The first-order valence-corrected chi connectivity index (χ1v) is 13.2. The summed E-state index contributed by atoms with van der Waals surface area (Å²) in [5, 5.41) is 3.07. The molecule has 1 N–H and O–H groups in total. The number of para-hydroxylation sites is 1. The third-order valence-corrected chi connectivity index (χ3v) is 7.46. The van der Waals surface area contributed by atoms with Gasteiger partial charge in [0.1, 0.15) is 5.82 Å². The predicted octanol–water partition coefficient (Wildman–Crippen LogP) is 5.02. The highest BCUT2D eigenvalue weighted by Gasteiger charge is 2.35. The zero-order valence-electron chi connectivity index (χ0n) is 21.5. The number of anilines is 2. The van der Waals surface area contributed by atoms with Gasteiger partial charge in [0.25, 0.3) is 0 Å². The van der Waals surface area contributed by atoms with Crippen LogP contribution in [0.15, 0.2) is 48.5 Å². The number of carbonyl (C=O) groups excluding carboxylic acids is 1. The number of carbonyl (C=O) groups is 1. The molecule has 2 saturated heterocycles. The van der Waals surface area contributed by atoms with E-state index in [0.717, 1.165) is 64.3 Å². The van der Waals surface area contributed by atoms with E-state index in [1.165, 1.54) is 5.56 Å². The Hall–Kier alpha value is -2.44. The molecule has 2 fully saturated rings. The second-order valence-electron chi connectivity index (χ2n) is 10.7. The van der Waals surface area contributed by atoms with Gasteiger partial charge in [-0.25, -0.2) is 4.39 Å². The van der Waals surface area contributed by atoms with E-state index in [1.54, 1.807) is 12.1 Å². The predicted molar refractivity (Wildman–Crippen MR) is 142 cm³/mol. The Balaban J connectivity index is 1.36. The number of piperidine rings is 1. The van der Waals surface area contributed by atoms with Crippen LogP contribution in [0.3, 0.4) is 0 Å². The molecule has 2 atom stereocenters. The van der Waals surface area contributed by atoms with Gasteiger partial charge in [0, 0.05) is 57.4 Å². The van der Waals surface area contributed by atoms with Crippen LogP contribution in [0.5, 0.6) is 0 Å². The average molecular weight is 481 g/mol. The van der Waals surface area contributed by atoms with Crippen molar-refractivity contribution in [3.05, 3.63) is 59.9 Å². The maximum Gasteiger partial charge on any atom is 0.224 e. The molecule has 2 heterocycles. The summed E-state index contributed by atoms with van der Waals surface area (Å²) in [5.41, 5.74) is 2.77. The fourth-order valence-electron chi connectivity index (χ4n) is 5.72. The van der Waals surface area contributed by atoms with Crippen LogP contribution in [0.2, 0.25) is 0 Å². The molecule has 0 aliphatic carbocycles. The van der Waals surface area contributed by atoms with Gasteiger partial charge in [0.2, 0.25) is 5.91 Å². The zero-order chi connectivity index (χ0) is 24.8. The summed E-state index contributed by atoms with van der Waals surface area (Å²) >= 11 is 0. The molecule has 0 saturated carbocycles. The first-order chi connectivity index (χ1) is 16.9. The standard InChI is InChI=1S/C29H41FN4O/c1-22(2)20-32-15-14-27(33-16-18-34(19-17-33)28-7-5-4-6-26(28)30)24(21-32)10-13-29(35)31-25-11-8-23(3)9-12-25/h4-9,11-12,22,24,27H,10,13-21H2,1-3H3,(H,31,35)/t24-,27+/m1/s1. The van der Waals surface area contributed by atoms with Crippen molar-refractivity contribution in [3.63, 3.8) is 0 Å². The van der Waals surface area contributed by atoms with Crippen LogP contribution in [0, 0.1) is 24.6 Å². The number of benzene rings is 2. The van der Waals surface area contributed by atoms with E-state index >= 15 is 0 Å². The van der Waals surface area contributed by atoms with E-state index in [-0.39, 0.29) is 11.7 Å². The van der Waals surface area contributed by atoms with E-state index in [1.807, 2.05) is 43.3 Å². The third kappa shape index (κ3) is 7.05. The largest absolute Gasteiger partial charge is 0.367 e. The van der Waals surface area contributed by atoms with Crippen LogP contribution in [0.1, 0.15) is 38.7 Å². The molecule has 0 bridgehead atoms. The lowest BCUT2D eigenvalue weighted by Gasteiger charge is -2.47. The number of likely N-dealkylation sites (tertiary alicyclic amines) is 1. The number of nitrogens with zero attached hydrogens (tertiary/aromatic N) is 3. The zero-order valence-corrected chi connectivity index (χ0v) is 21.5. The molecule has 2 aliphatic heterocycles. The molecule has 35 heavy (non-hydrogen) atoms. The van der Waals surface area contributed by atoms with E-state index in [0.29, 0.717) is 30.0 Å². The highest BCUT2D eigenvalue weighted by molar-refractivity contribution is 5.90. The lowest BCUT2D eigenvalue weighted by molar-refractivity contribution is -0.116. The molecule has 0 radical (unpaired) electrons. The maximum absolute atomic E-state index is 14.3. The topological polar surface area (TPSA) is 38.8 Å². The Morgan fingerprint density at radius 3 is 2.43 bits per heavy atom. The molecule has 2 aromatic rings. The van der Waals surface area contributed by atoms with Crippen LogP contribution in [-0.2, 0) is 4.79 Å². The number of aryl methyl sites for hydroxylation is 1. The second-order valence-corrected chi connectivity index (χ2v) is 10.7. The minimum absolute atomic E-state index is 0.0953. The van der Waals surface area contributed by atoms with Crippen LogP contribution in [-0.4, -0.2) is 67.6 Å². The van der Waals surface area contributed by atoms with Crippen molar-refractivity contribution in [2.75, 3.05) is 56.0 Å². The van der Waals surface area contributed by atoms with Crippen molar-refractivity contribution in [1.29, 1.82) is 0 Å². The highest BCUT2D eigenvalue weighted by atomic mass is 19.1. The van der Waals surface area contributed by atoms with Gasteiger partial charge in [0.05, 0.1) is 5.69 Å². The van der Waals surface area contributed by atoms with Gasteiger partial charge in [-0.1, -0.05) is 43.7 Å². The third-order valence-electron chi connectivity index (χ3n) is 7.46. The minimum atomic E-state index is -0.139. The van der Waals surface area contributed by atoms with Gasteiger partial charge >= 0.3 is 0 Å². The number of nitrogens with one attached hydrogen (secondary N) is 1. The first-order valence-electron chi connectivity index (χ1n) is 13.2. The number of halogens is 1. The van der Waals surface area contributed by atoms with Crippen molar-refractivity contribution >= 4 is 17.3 Å². The van der Waals surface area contributed by atoms with E-state index < -0.39 is 0 Å². The fourth-order valence-corrected chi connectivity index (χ4v) is 5.72. The smallest absolute Gasteiger partial charge is 0.224 e. The molecule has 4 rings (SSSR count). The fraction of sp³-hybridized carbons (Fsp3) is 0.552. The molecule has 1 amide bonds. The number of rotatable bonds is 8. The van der Waals surface area contributed by atoms with Crippen LogP contribution >= 0.6 is 0 Å². The monoisotopic (exact) mass is 480 g/mol. The Kier molecular flexibility index (Phi) is 8.79. The van der Waals surface area contributed by atoms with Crippen molar-refractivity contribution in [1.82, 2.24) is 9.80 Å². The summed E-state index contributed by atoms with van der Waals surface area (Å²) in [6.07, 6.45) is 2.57. The van der Waals surface area contributed by atoms with Crippen molar-refractivity contribution in [2.45, 2.75) is 46.1 Å². The molecule has 190 valence electrons. The van der Waals surface area contributed by atoms with Crippen molar-refractivity contribution in [3.8, 4) is 0 Å². The molecule has 0 spiro atoms. The average Bonchev–Trinajstić information content (AvgIpc) is 2.84. The van der Waals surface area contributed by atoms with Gasteiger partial charge in [-0.3, -0.25) is 9.69 Å². The van der Waals surface area contributed by atoms with Gasteiger partial charge in [-0.2, -0.15) is 0 Å². The summed E-state index contributed by atoms with van der Waals surface area (Å²) < 4.78 is 14.3. The van der Waals surface area contributed by atoms with E-state index in [9.17, 15) is 9.18 Å². The minimum Gasteiger partial charge on any atom is -0.367 e. The Morgan fingerprint density at radius 1 is 1.03 bits per heavy atom. The van der Waals surface area contributed by atoms with Crippen molar-refractivity contribution in [2.24, 2.45) is 11.8 Å². The second kappa shape index (κ2) is 12.0. The van der Waals surface area contributed by atoms with Gasteiger partial charge in [0.15, 0.2) is 0 Å². The van der Waals surface area contributed by atoms with Crippen molar-refractivity contribution < 1.29 is 9.18 Å². The van der Waals surface area contributed by atoms with Crippen LogP contribution in [0.25, 0.3) is 0 Å². The quantitative estimate of drug-likeness (QED) is 0.576. The summed E-state index contributed by atoms with van der Waals surface area (Å²) in [5.74, 6) is 1.06. The lowest BCUT2D eigenvalue weighted by Crippen LogP contribution is -2.57. The molecular formula is C29H41FN4O. The normalized spacial score (nSPS) is 21.9. The first kappa shape index (κ1) is 25.6. The SMILES string of the molecule is Cc1ccc(NC(=O)CC[C@@H]2CN(CC(C)C)CC[C@@H]2N2CCN(c3ccccc3F)CC2)cc1. The number of hydrogen-bond acceptors (Lipinski definition) is 4. The van der Waals surface area contributed by atoms with E-state index in [4.69, 9.17) is 0 Å².